The molecule has 2 aromatic rings. The summed E-state index contributed by atoms with van der Waals surface area (Å²) in [6.07, 6.45) is 8.37. The van der Waals surface area contributed by atoms with E-state index >= 15 is 0 Å². The van der Waals surface area contributed by atoms with Gasteiger partial charge in [-0.05, 0) is 49.6 Å². The summed E-state index contributed by atoms with van der Waals surface area (Å²) < 4.78 is 5.47. The summed E-state index contributed by atoms with van der Waals surface area (Å²) >= 11 is 0. The number of aromatic nitrogens is 1. The first-order chi connectivity index (χ1) is 11.8. The van der Waals surface area contributed by atoms with Crippen LogP contribution in [0.1, 0.15) is 30.6 Å². The van der Waals surface area contributed by atoms with Crippen LogP contribution in [0, 0.1) is 5.41 Å². The molecule has 0 aromatic carbocycles. The van der Waals surface area contributed by atoms with Crippen LogP contribution < -0.4 is 0 Å². The normalized spacial score (nSPS) is 24.8. The van der Waals surface area contributed by atoms with Crippen LogP contribution in [-0.4, -0.2) is 40.3 Å². The number of hydrogen-bond acceptors (Lipinski definition) is 4. The van der Waals surface area contributed by atoms with Gasteiger partial charge in [-0.25, -0.2) is 0 Å². The lowest BCUT2D eigenvalue weighted by Gasteiger charge is -2.38. The summed E-state index contributed by atoms with van der Waals surface area (Å²) in [5.41, 5.74) is 0.902. The first-order valence-corrected chi connectivity index (χ1v) is 8.68. The highest BCUT2D eigenvalue weighted by Gasteiger charge is 2.48. The SMILES string of the molecule is O=C1N(Cc2cccnc2)CC[C@@]12CCCN(Cc1ccco1)C2. The summed E-state index contributed by atoms with van der Waals surface area (Å²) in [7, 11) is 0. The van der Waals surface area contributed by atoms with E-state index in [-0.39, 0.29) is 5.41 Å². The van der Waals surface area contributed by atoms with Crippen LogP contribution in [0.4, 0.5) is 0 Å². The maximum atomic E-state index is 13.1. The van der Waals surface area contributed by atoms with Crippen LogP contribution in [0.25, 0.3) is 0 Å². The van der Waals surface area contributed by atoms with Crippen LogP contribution in [0.5, 0.6) is 0 Å². The van der Waals surface area contributed by atoms with E-state index in [0.29, 0.717) is 12.5 Å². The Labute approximate surface area is 142 Å². The number of rotatable bonds is 4. The molecule has 2 fully saturated rings. The molecule has 1 atom stereocenters. The van der Waals surface area contributed by atoms with Gasteiger partial charge in [0.2, 0.25) is 5.91 Å². The lowest BCUT2D eigenvalue weighted by Crippen LogP contribution is -2.47. The van der Waals surface area contributed by atoms with Gasteiger partial charge < -0.3 is 9.32 Å². The molecule has 5 heteroatoms. The number of furan rings is 1. The van der Waals surface area contributed by atoms with Gasteiger partial charge in [0.15, 0.2) is 0 Å². The van der Waals surface area contributed by atoms with Crippen molar-refractivity contribution in [1.82, 2.24) is 14.8 Å². The Hall–Kier alpha value is -2.14. The number of hydrogen-bond donors (Lipinski definition) is 0. The van der Waals surface area contributed by atoms with E-state index in [2.05, 4.69) is 9.88 Å². The third kappa shape index (κ3) is 2.96. The maximum Gasteiger partial charge on any atom is 0.230 e. The fraction of sp³-hybridized carbons (Fsp3) is 0.474. The molecule has 0 bridgehead atoms. The zero-order valence-electron chi connectivity index (χ0n) is 13.9. The summed E-state index contributed by atoms with van der Waals surface area (Å²) in [6.45, 7) is 4.20. The van der Waals surface area contributed by atoms with Crippen molar-refractivity contribution in [3.05, 3.63) is 54.2 Å². The Balaban J connectivity index is 1.44. The highest BCUT2D eigenvalue weighted by molar-refractivity contribution is 5.85. The number of nitrogens with zero attached hydrogens (tertiary/aromatic N) is 3. The molecule has 0 N–H and O–H groups in total. The molecule has 0 radical (unpaired) electrons. The van der Waals surface area contributed by atoms with Gasteiger partial charge in [0.1, 0.15) is 5.76 Å². The standard InChI is InChI=1S/C19H23N3O2/c23-18-19(7-10-22(18)13-16-4-1-8-20-12-16)6-3-9-21(15-19)14-17-5-2-11-24-17/h1-2,4-5,8,11-12H,3,6-7,9-10,13-15H2/t19-/m1/s1. The first kappa shape index (κ1) is 15.4. The molecule has 0 aliphatic carbocycles. The molecule has 5 nitrogen and oxygen atoms in total. The number of carbonyl (C=O) groups excluding carboxylic acids is 1. The predicted octanol–water partition coefficient (Wildman–Crippen LogP) is 2.69. The number of carbonyl (C=O) groups is 1. The maximum absolute atomic E-state index is 13.1. The molecule has 0 saturated carbocycles. The smallest absolute Gasteiger partial charge is 0.230 e. The highest BCUT2D eigenvalue weighted by Crippen LogP contribution is 2.41. The van der Waals surface area contributed by atoms with E-state index in [1.807, 2.05) is 35.4 Å². The van der Waals surface area contributed by atoms with Gasteiger partial charge >= 0.3 is 0 Å². The fourth-order valence-electron chi connectivity index (χ4n) is 4.12. The van der Waals surface area contributed by atoms with Crippen LogP contribution in [0.15, 0.2) is 47.3 Å². The van der Waals surface area contributed by atoms with Crippen molar-refractivity contribution in [2.75, 3.05) is 19.6 Å². The molecule has 2 aliphatic heterocycles. The molecule has 2 aromatic heterocycles. The van der Waals surface area contributed by atoms with Gasteiger partial charge in [-0.15, -0.1) is 0 Å². The largest absolute Gasteiger partial charge is 0.468 e. The molecule has 4 rings (SSSR count). The molecule has 0 unspecified atom stereocenters. The van der Waals surface area contributed by atoms with Crippen molar-refractivity contribution in [2.45, 2.75) is 32.4 Å². The number of likely N-dealkylation sites (tertiary alicyclic amines) is 2. The molecule has 1 spiro atoms. The number of piperidine rings is 1. The molecule has 24 heavy (non-hydrogen) atoms. The third-order valence-corrected chi connectivity index (χ3v) is 5.31. The topological polar surface area (TPSA) is 49.6 Å². The van der Waals surface area contributed by atoms with Gasteiger partial charge in [0.25, 0.3) is 0 Å². The monoisotopic (exact) mass is 325 g/mol. The van der Waals surface area contributed by atoms with E-state index < -0.39 is 0 Å². The summed E-state index contributed by atoms with van der Waals surface area (Å²) in [4.78, 5) is 21.6. The summed E-state index contributed by atoms with van der Waals surface area (Å²) in [6, 6.07) is 7.89. The van der Waals surface area contributed by atoms with Gasteiger partial charge in [0.05, 0.1) is 18.2 Å². The fourth-order valence-corrected chi connectivity index (χ4v) is 4.12. The Bertz CT molecular complexity index is 686. The molecule has 1 amide bonds. The van der Waals surface area contributed by atoms with Crippen molar-refractivity contribution in [1.29, 1.82) is 0 Å². The summed E-state index contributed by atoms with van der Waals surface area (Å²) in [5, 5.41) is 0. The molecule has 2 aliphatic rings. The number of pyridine rings is 1. The second kappa shape index (κ2) is 6.40. The van der Waals surface area contributed by atoms with E-state index in [4.69, 9.17) is 4.42 Å². The molecular formula is C19H23N3O2. The van der Waals surface area contributed by atoms with Crippen LogP contribution >= 0.6 is 0 Å². The molecule has 2 saturated heterocycles. The Morgan fingerprint density at radius 2 is 2.12 bits per heavy atom. The van der Waals surface area contributed by atoms with Gasteiger partial charge in [-0.3, -0.25) is 14.7 Å². The lowest BCUT2D eigenvalue weighted by atomic mass is 9.78. The van der Waals surface area contributed by atoms with E-state index in [9.17, 15) is 4.79 Å². The average Bonchev–Trinajstić information content (AvgIpc) is 3.21. The Kier molecular flexibility index (Phi) is 4.10. The lowest BCUT2D eigenvalue weighted by molar-refractivity contribution is -0.139. The first-order valence-electron chi connectivity index (χ1n) is 8.68. The van der Waals surface area contributed by atoms with Crippen LogP contribution in [0.2, 0.25) is 0 Å². The van der Waals surface area contributed by atoms with Crippen LogP contribution in [-0.2, 0) is 17.9 Å². The van der Waals surface area contributed by atoms with Crippen molar-refractivity contribution < 1.29 is 9.21 Å². The predicted molar refractivity (Wildman–Crippen MR) is 89.9 cm³/mol. The van der Waals surface area contributed by atoms with Crippen molar-refractivity contribution in [2.24, 2.45) is 5.41 Å². The van der Waals surface area contributed by atoms with Gasteiger partial charge in [0, 0.05) is 32.0 Å². The second-order valence-corrected chi connectivity index (χ2v) is 7.01. The minimum Gasteiger partial charge on any atom is -0.468 e. The minimum atomic E-state index is -0.201. The van der Waals surface area contributed by atoms with Crippen molar-refractivity contribution in [3.63, 3.8) is 0 Å². The van der Waals surface area contributed by atoms with Crippen LogP contribution in [0.3, 0.4) is 0 Å². The Morgan fingerprint density at radius 1 is 1.17 bits per heavy atom. The molecular weight excluding hydrogens is 302 g/mol. The van der Waals surface area contributed by atoms with Crippen molar-refractivity contribution >= 4 is 5.91 Å². The average molecular weight is 325 g/mol. The highest BCUT2D eigenvalue weighted by atomic mass is 16.3. The molecule has 126 valence electrons. The van der Waals surface area contributed by atoms with E-state index in [0.717, 1.165) is 56.8 Å². The van der Waals surface area contributed by atoms with E-state index in [1.54, 1.807) is 12.5 Å². The third-order valence-electron chi connectivity index (χ3n) is 5.31. The zero-order chi connectivity index (χ0) is 16.4. The number of amides is 1. The quantitative estimate of drug-likeness (QED) is 0.867. The molecule has 4 heterocycles. The van der Waals surface area contributed by atoms with Crippen molar-refractivity contribution in [3.8, 4) is 0 Å². The Morgan fingerprint density at radius 3 is 2.92 bits per heavy atom. The zero-order valence-corrected chi connectivity index (χ0v) is 13.9. The minimum absolute atomic E-state index is 0.201. The summed E-state index contributed by atoms with van der Waals surface area (Å²) in [5.74, 6) is 1.29. The van der Waals surface area contributed by atoms with E-state index in [1.165, 1.54) is 0 Å². The van der Waals surface area contributed by atoms with Gasteiger partial charge in [-0.2, -0.15) is 0 Å². The second-order valence-electron chi connectivity index (χ2n) is 7.01. The van der Waals surface area contributed by atoms with Gasteiger partial charge in [-0.1, -0.05) is 6.07 Å².